The molecule has 2 rings (SSSR count). The lowest BCUT2D eigenvalue weighted by molar-refractivity contribution is 0.115. The average Bonchev–Trinajstić information content (AvgIpc) is 3.17. The summed E-state index contributed by atoms with van der Waals surface area (Å²) in [6, 6.07) is 4.16. The Morgan fingerprint density at radius 1 is 1.45 bits per heavy atom. The van der Waals surface area contributed by atoms with Crippen LogP contribution in [0.1, 0.15) is 56.2 Å². The summed E-state index contributed by atoms with van der Waals surface area (Å²) in [6.45, 7) is 6.88. The number of nitrogens with one attached hydrogen (secondary N) is 1. The smallest absolute Gasteiger partial charge is 0.226 e. The maximum absolute atomic E-state index is 9.68. The molecular formula is C16H25N3O2S. The van der Waals surface area contributed by atoms with E-state index in [-0.39, 0.29) is 18.1 Å². The van der Waals surface area contributed by atoms with Crippen molar-refractivity contribution in [3.63, 3.8) is 0 Å². The lowest BCUT2D eigenvalue weighted by Crippen LogP contribution is -2.36. The maximum Gasteiger partial charge on any atom is 0.226 e. The molecule has 0 aromatic carbocycles. The average molecular weight is 323 g/mol. The Hall–Kier alpha value is -1.24. The van der Waals surface area contributed by atoms with Gasteiger partial charge in [0.1, 0.15) is 0 Å². The number of aliphatic hydroxyl groups is 1. The van der Waals surface area contributed by atoms with Gasteiger partial charge in [-0.2, -0.15) is 4.98 Å². The molecule has 2 N–H and O–H groups in total. The van der Waals surface area contributed by atoms with Crippen LogP contribution in [0.2, 0.25) is 0 Å². The molecule has 5 nitrogen and oxygen atoms in total. The molecule has 0 saturated heterocycles. The fraction of sp³-hybridized carbons (Fsp3) is 0.625. The van der Waals surface area contributed by atoms with Crippen molar-refractivity contribution >= 4 is 11.3 Å². The van der Waals surface area contributed by atoms with Gasteiger partial charge in [0.05, 0.1) is 13.2 Å². The zero-order valence-corrected chi connectivity index (χ0v) is 14.3. The Labute approximate surface area is 135 Å². The number of unbranched alkanes of at least 4 members (excludes halogenated alkanes) is 1. The van der Waals surface area contributed by atoms with Crippen molar-refractivity contribution in [2.24, 2.45) is 5.41 Å². The van der Waals surface area contributed by atoms with Crippen LogP contribution in [0.5, 0.6) is 0 Å². The number of thiophene rings is 1. The molecule has 6 heteroatoms. The molecule has 2 aromatic rings. The highest BCUT2D eigenvalue weighted by atomic mass is 32.1. The van der Waals surface area contributed by atoms with Gasteiger partial charge in [0.15, 0.2) is 5.82 Å². The molecule has 0 amide bonds. The van der Waals surface area contributed by atoms with Crippen LogP contribution in [0.3, 0.4) is 0 Å². The Kier molecular flexibility index (Phi) is 6.11. The number of aromatic nitrogens is 2. The van der Waals surface area contributed by atoms with Gasteiger partial charge >= 0.3 is 0 Å². The van der Waals surface area contributed by atoms with Crippen LogP contribution < -0.4 is 5.32 Å². The Morgan fingerprint density at radius 2 is 2.27 bits per heavy atom. The number of aryl methyl sites for hydroxylation is 1. The summed E-state index contributed by atoms with van der Waals surface area (Å²) >= 11 is 1.69. The summed E-state index contributed by atoms with van der Waals surface area (Å²) in [7, 11) is 0. The summed E-state index contributed by atoms with van der Waals surface area (Å²) in [5.41, 5.74) is -0.264. The predicted octanol–water partition coefficient (Wildman–Crippen LogP) is 3.32. The summed E-state index contributed by atoms with van der Waals surface area (Å²) in [6.07, 6.45) is 3.01. The van der Waals surface area contributed by atoms with Crippen molar-refractivity contribution in [1.29, 1.82) is 0 Å². The standard InChI is InChI=1S/C16H25N3O2S/c1-4-5-8-14-18-13(19-21-14)10-17-15(16(2,3)11-20)12-7-6-9-22-12/h6-7,9,15,17,20H,4-5,8,10-11H2,1-3H3/t15-/m1/s1. The van der Waals surface area contributed by atoms with Gasteiger partial charge in [-0.1, -0.05) is 38.4 Å². The SMILES string of the molecule is CCCCc1nc(CN[C@H](c2cccs2)C(C)(C)CO)no1. The lowest BCUT2D eigenvalue weighted by atomic mass is 9.84. The Bertz CT molecular complexity index is 552. The first-order valence-corrected chi connectivity index (χ1v) is 8.64. The summed E-state index contributed by atoms with van der Waals surface area (Å²) in [4.78, 5) is 5.61. The predicted molar refractivity (Wildman–Crippen MR) is 87.7 cm³/mol. The van der Waals surface area contributed by atoms with Crippen LogP contribution in [0.25, 0.3) is 0 Å². The number of hydrogen-bond acceptors (Lipinski definition) is 6. The molecule has 2 aromatic heterocycles. The summed E-state index contributed by atoms with van der Waals surface area (Å²) in [5, 5.41) is 19.2. The maximum atomic E-state index is 9.68. The molecule has 0 aliphatic rings. The van der Waals surface area contributed by atoms with Crippen molar-refractivity contribution < 1.29 is 9.63 Å². The number of rotatable bonds is 9. The van der Waals surface area contributed by atoms with E-state index in [0.717, 1.165) is 19.3 Å². The van der Waals surface area contributed by atoms with Gasteiger partial charge in [0, 0.05) is 22.8 Å². The number of hydrogen-bond donors (Lipinski definition) is 2. The quantitative estimate of drug-likeness (QED) is 0.740. The van der Waals surface area contributed by atoms with E-state index in [1.807, 2.05) is 19.9 Å². The minimum Gasteiger partial charge on any atom is -0.396 e. The Morgan fingerprint density at radius 3 is 2.91 bits per heavy atom. The zero-order valence-electron chi connectivity index (χ0n) is 13.5. The van der Waals surface area contributed by atoms with E-state index in [1.54, 1.807) is 11.3 Å². The topological polar surface area (TPSA) is 71.2 Å². The van der Waals surface area contributed by atoms with Crippen LogP contribution in [0.4, 0.5) is 0 Å². The van der Waals surface area contributed by atoms with Gasteiger partial charge in [0.25, 0.3) is 0 Å². The molecule has 1 atom stereocenters. The van der Waals surface area contributed by atoms with Crippen molar-refractivity contribution in [1.82, 2.24) is 15.5 Å². The van der Waals surface area contributed by atoms with E-state index in [1.165, 1.54) is 4.88 Å². The molecule has 22 heavy (non-hydrogen) atoms. The van der Waals surface area contributed by atoms with E-state index >= 15 is 0 Å². The summed E-state index contributed by atoms with van der Waals surface area (Å²) < 4.78 is 5.25. The first kappa shape index (κ1) is 17.1. The molecule has 0 saturated carbocycles. The van der Waals surface area contributed by atoms with Crippen LogP contribution in [0, 0.1) is 5.41 Å². The van der Waals surface area contributed by atoms with E-state index < -0.39 is 0 Å². The van der Waals surface area contributed by atoms with E-state index in [0.29, 0.717) is 18.3 Å². The summed E-state index contributed by atoms with van der Waals surface area (Å²) in [5.74, 6) is 1.37. The first-order chi connectivity index (χ1) is 10.6. The van der Waals surface area contributed by atoms with Crippen molar-refractivity contribution in [2.75, 3.05) is 6.61 Å². The highest BCUT2D eigenvalue weighted by Crippen LogP contribution is 2.35. The van der Waals surface area contributed by atoms with Crippen LogP contribution in [-0.4, -0.2) is 21.9 Å². The molecule has 0 unspecified atom stereocenters. The molecule has 0 aliphatic carbocycles. The molecule has 122 valence electrons. The molecule has 0 bridgehead atoms. The molecule has 0 fully saturated rings. The normalized spacial score (nSPS) is 13.5. The van der Waals surface area contributed by atoms with Gasteiger partial charge < -0.3 is 14.9 Å². The highest BCUT2D eigenvalue weighted by Gasteiger charge is 2.31. The minimum atomic E-state index is -0.264. The second kappa shape index (κ2) is 7.85. The van der Waals surface area contributed by atoms with E-state index in [4.69, 9.17) is 4.52 Å². The number of aliphatic hydroxyl groups excluding tert-OH is 1. The highest BCUT2D eigenvalue weighted by molar-refractivity contribution is 7.10. The number of nitrogens with zero attached hydrogens (tertiary/aromatic N) is 2. The van der Waals surface area contributed by atoms with Crippen LogP contribution in [0.15, 0.2) is 22.0 Å². The van der Waals surface area contributed by atoms with Gasteiger partial charge in [0.2, 0.25) is 5.89 Å². The third-order valence-corrected chi connectivity index (χ3v) is 4.67. The molecule has 0 radical (unpaired) electrons. The van der Waals surface area contributed by atoms with E-state index in [2.05, 4.69) is 33.8 Å². The van der Waals surface area contributed by atoms with Gasteiger partial charge in [-0.05, 0) is 17.9 Å². The van der Waals surface area contributed by atoms with Gasteiger partial charge in [-0.15, -0.1) is 11.3 Å². The fourth-order valence-corrected chi connectivity index (χ4v) is 3.30. The second-order valence-corrected chi connectivity index (χ2v) is 7.16. The third-order valence-electron chi connectivity index (χ3n) is 3.74. The third kappa shape index (κ3) is 4.38. The second-order valence-electron chi connectivity index (χ2n) is 6.18. The van der Waals surface area contributed by atoms with E-state index in [9.17, 15) is 5.11 Å². The first-order valence-electron chi connectivity index (χ1n) is 7.76. The van der Waals surface area contributed by atoms with Crippen molar-refractivity contribution in [2.45, 2.75) is 52.6 Å². The monoisotopic (exact) mass is 323 g/mol. The van der Waals surface area contributed by atoms with Crippen LogP contribution in [-0.2, 0) is 13.0 Å². The zero-order chi connectivity index (χ0) is 16.0. The molecule has 2 heterocycles. The Balaban J connectivity index is 2.01. The minimum absolute atomic E-state index is 0.0510. The molecule has 0 spiro atoms. The lowest BCUT2D eigenvalue weighted by Gasteiger charge is -2.32. The molecule has 0 aliphatic heterocycles. The largest absolute Gasteiger partial charge is 0.396 e. The van der Waals surface area contributed by atoms with Gasteiger partial charge in [-0.25, -0.2) is 0 Å². The molecular weight excluding hydrogens is 298 g/mol. The van der Waals surface area contributed by atoms with Crippen molar-refractivity contribution in [3.8, 4) is 0 Å². The fourth-order valence-electron chi connectivity index (χ4n) is 2.29. The van der Waals surface area contributed by atoms with Crippen molar-refractivity contribution in [3.05, 3.63) is 34.1 Å². The van der Waals surface area contributed by atoms with Gasteiger partial charge in [-0.3, -0.25) is 0 Å². The van der Waals surface area contributed by atoms with Crippen LogP contribution >= 0.6 is 11.3 Å².